The molecule has 1 aromatic carbocycles. The first-order chi connectivity index (χ1) is 13.7. The lowest BCUT2D eigenvalue weighted by Gasteiger charge is -2.42. The molecule has 0 spiro atoms. The van der Waals surface area contributed by atoms with Crippen LogP contribution in [0, 0.1) is 0 Å². The average Bonchev–Trinajstić information content (AvgIpc) is 2.99. The molecule has 28 heavy (non-hydrogen) atoms. The summed E-state index contributed by atoms with van der Waals surface area (Å²) in [6, 6.07) is 9.77. The maximum Gasteiger partial charge on any atom is 0.169 e. The molecular weight excluding hydrogens is 354 g/mol. The minimum Gasteiger partial charge on any atom is -0.507 e. The highest BCUT2D eigenvalue weighted by molar-refractivity contribution is 5.74. The summed E-state index contributed by atoms with van der Waals surface area (Å²) < 4.78 is 0. The van der Waals surface area contributed by atoms with Crippen LogP contribution in [-0.2, 0) is 0 Å². The zero-order chi connectivity index (χ0) is 19.1. The Kier molecular flexibility index (Phi) is 3.96. The fourth-order valence-electron chi connectivity index (χ4n) is 4.36. The number of hydrogen-bond donors (Lipinski definition) is 2. The van der Waals surface area contributed by atoms with Crippen molar-refractivity contribution in [2.45, 2.75) is 24.9 Å². The topological polar surface area (TPSA) is 104 Å². The Morgan fingerprint density at radius 1 is 1.04 bits per heavy atom. The number of para-hydroxylation sites is 1. The van der Waals surface area contributed by atoms with Gasteiger partial charge >= 0.3 is 0 Å². The number of nitrogens with two attached hydrogens (primary N) is 1. The summed E-state index contributed by atoms with van der Waals surface area (Å²) in [5.41, 5.74) is 8.31. The predicted molar refractivity (Wildman–Crippen MR) is 107 cm³/mol. The Hall–Kier alpha value is -3.42. The molecule has 3 N–H and O–H groups in total. The average molecular weight is 375 g/mol. The molecule has 2 bridgehead atoms. The monoisotopic (exact) mass is 375 g/mol. The maximum atomic E-state index is 10.2. The molecule has 0 aliphatic carbocycles. The first-order valence-electron chi connectivity index (χ1n) is 9.41. The number of hydrogen-bond acceptors (Lipinski definition) is 8. The summed E-state index contributed by atoms with van der Waals surface area (Å²) in [5.74, 6) is 1.52. The molecule has 2 saturated heterocycles. The molecule has 4 heterocycles. The molecule has 2 atom stereocenters. The second-order valence-corrected chi connectivity index (χ2v) is 7.28. The van der Waals surface area contributed by atoms with Gasteiger partial charge in [-0.2, -0.15) is 0 Å². The van der Waals surface area contributed by atoms with Crippen LogP contribution < -0.4 is 15.5 Å². The summed E-state index contributed by atoms with van der Waals surface area (Å²) >= 11 is 0. The molecule has 5 rings (SSSR count). The fraction of sp³-hybridized carbons (Fsp3) is 0.300. The summed E-state index contributed by atoms with van der Waals surface area (Å²) in [6.45, 7) is 1.67. The lowest BCUT2D eigenvalue weighted by Crippen LogP contribution is -2.54. The van der Waals surface area contributed by atoms with E-state index in [-0.39, 0.29) is 5.75 Å². The van der Waals surface area contributed by atoms with Crippen molar-refractivity contribution in [2.75, 3.05) is 28.6 Å². The van der Waals surface area contributed by atoms with E-state index in [2.05, 4.69) is 30.0 Å². The number of piperazine rings is 1. The summed E-state index contributed by atoms with van der Waals surface area (Å²) in [7, 11) is 0. The zero-order valence-electron chi connectivity index (χ0n) is 15.3. The van der Waals surface area contributed by atoms with Gasteiger partial charge in [-0.05, 0) is 31.0 Å². The van der Waals surface area contributed by atoms with Gasteiger partial charge in [0, 0.05) is 43.1 Å². The first kappa shape index (κ1) is 16.7. The number of rotatable bonds is 3. The van der Waals surface area contributed by atoms with Crippen molar-refractivity contribution < 1.29 is 5.11 Å². The minimum atomic E-state index is 0.181. The fourth-order valence-corrected chi connectivity index (χ4v) is 4.36. The van der Waals surface area contributed by atoms with Crippen molar-refractivity contribution >= 4 is 17.3 Å². The van der Waals surface area contributed by atoms with Gasteiger partial charge in [0.2, 0.25) is 0 Å². The van der Waals surface area contributed by atoms with E-state index in [9.17, 15) is 5.11 Å². The lowest BCUT2D eigenvalue weighted by atomic mass is 10.1. The molecule has 0 amide bonds. The van der Waals surface area contributed by atoms with Crippen LogP contribution >= 0.6 is 0 Å². The van der Waals surface area contributed by atoms with Gasteiger partial charge in [-0.3, -0.25) is 4.98 Å². The van der Waals surface area contributed by atoms with Gasteiger partial charge in [0.05, 0.1) is 17.6 Å². The number of anilines is 3. The Bertz CT molecular complexity index is 983. The highest BCUT2D eigenvalue weighted by Crippen LogP contribution is 2.38. The van der Waals surface area contributed by atoms with Gasteiger partial charge in [0.25, 0.3) is 0 Å². The predicted octanol–water partition coefficient (Wildman–Crippen LogP) is 2.08. The van der Waals surface area contributed by atoms with Crippen molar-refractivity contribution in [3.8, 4) is 17.0 Å². The molecule has 0 radical (unpaired) electrons. The van der Waals surface area contributed by atoms with Gasteiger partial charge in [-0.1, -0.05) is 12.1 Å². The van der Waals surface area contributed by atoms with Crippen molar-refractivity contribution in [3.63, 3.8) is 0 Å². The van der Waals surface area contributed by atoms with E-state index in [1.165, 1.54) is 0 Å². The Morgan fingerprint density at radius 3 is 2.54 bits per heavy atom. The van der Waals surface area contributed by atoms with E-state index >= 15 is 0 Å². The number of aromatic nitrogens is 4. The molecule has 8 heteroatoms. The van der Waals surface area contributed by atoms with Crippen LogP contribution in [0.1, 0.15) is 12.8 Å². The summed E-state index contributed by atoms with van der Waals surface area (Å²) in [6.07, 6.45) is 7.50. The summed E-state index contributed by atoms with van der Waals surface area (Å²) in [5, 5.41) is 18.5. The Labute approximate surface area is 162 Å². The Morgan fingerprint density at radius 2 is 1.82 bits per heavy atom. The molecule has 2 aliphatic rings. The lowest BCUT2D eigenvalue weighted by molar-refractivity contribution is 0.477. The van der Waals surface area contributed by atoms with E-state index in [0.717, 1.165) is 37.4 Å². The normalized spacial score (nSPS) is 21.1. The second-order valence-electron chi connectivity index (χ2n) is 7.28. The van der Waals surface area contributed by atoms with E-state index in [1.807, 2.05) is 24.4 Å². The molecule has 8 nitrogen and oxygen atoms in total. The molecule has 2 aliphatic heterocycles. The number of nitrogens with zero attached hydrogens (tertiary/aromatic N) is 6. The number of benzene rings is 1. The first-order valence-corrected chi connectivity index (χ1v) is 9.41. The smallest absolute Gasteiger partial charge is 0.169 e. The van der Waals surface area contributed by atoms with Crippen molar-refractivity contribution in [3.05, 3.63) is 48.9 Å². The molecule has 0 saturated carbocycles. The van der Waals surface area contributed by atoms with Gasteiger partial charge in [-0.25, -0.2) is 4.98 Å². The minimum absolute atomic E-state index is 0.181. The summed E-state index contributed by atoms with van der Waals surface area (Å²) in [4.78, 5) is 13.4. The molecular formula is C20H21N7O. The third kappa shape index (κ3) is 2.77. The van der Waals surface area contributed by atoms with E-state index in [4.69, 9.17) is 5.73 Å². The van der Waals surface area contributed by atoms with E-state index in [1.54, 1.807) is 24.5 Å². The van der Waals surface area contributed by atoms with E-state index < -0.39 is 0 Å². The number of phenols is 1. The van der Waals surface area contributed by atoms with Crippen molar-refractivity contribution in [2.24, 2.45) is 0 Å². The zero-order valence-corrected chi connectivity index (χ0v) is 15.3. The highest BCUT2D eigenvalue weighted by atomic mass is 16.3. The van der Waals surface area contributed by atoms with Gasteiger partial charge in [-0.15, -0.1) is 10.2 Å². The van der Waals surface area contributed by atoms with Crippen LogP contribution in [0.2, 0.25) is 0 Å². The quantitative estimate of drug-likeness (QED) is 0.717. The van der Waals surface area contributed by atoms with Crippen LogP contribution in [0.3, 0.4) is 0 Å². The van der Waals surface area contributed by atoms with Crippen molar-refractivity contribution in [1.82, 2.24) is 20.2 Å². The third-order valence-corrected chi connectivity index (χ3v) is 5.62. The van der Waals surface area contributed by atoms with Crippen LogP contribution in [-0.4, -0.2) is 50.4 Å². The van der Waals surface area contributed by atoms with E-state index in [0.29, 0.717) is 29.2 Å². The molecule has 142 valence electrons. The third-order valence-electron chi connectivity index (χ3n) is 5.62. The van der Waals surface area contributed by atoms with Gasteiger partial charge < -0.3 is 20.6 Å². The van der Waals surface area contributed by atoms with Crippen LogP contribution in [0.15, 0.2) is 48.9 Å². The highest BCUT2D eigenvalue weighted by Gasteiger charge is 2.41. The number of fused-ring (bicyclic) bond motifs is 2. The number of phenolic OH excluding ortho intramolecular Hbond substituents is 1. The molecule has 2 fully saturated rings. The SMILES string of the molecule is Nc1nnc(-c2ccccc2O)cc1N1CC2CCC(C1)N2c1cnccn1. The molecule has 2 aromatic heterocycles. The van der Waals surface area contributed by atoms with Gasteiger partial charge in [0.15, 0.2) is 5.82 Å². The largest absolute Gasteiger partial charge is 0.507 e. The van der Waals surface area contributed by atoms with Crippen molar-refractivity contribution in [1.29, 1.82) is 0 Å². The second kappa shape index (κ2) is 6.63. The molecule has 3 aromatic rings. The molecule has 2 unspecified atom stereocenters. The Balaban J connectivity index is 1.45. The van der Waals surface area contributed by atoms with Crippen LogP contribution in [0.25, 0.3) is 11.3 Å². The van der Waals surface area contributed by atoms with Crippen LogP contribution in [0.5, 0.6) is 5.75 Å². The van der Waals surface area contributed by atoms with Crippen LogP contribution in [0.4, 0.5) is 17.3 Å². The number of nitrogen functional groups attached to an aromatic ring is 1. The number of aromatic hydroxyl groups is 1. The maximum absolute atomic E-state index is 10.2. The van der Waals surface area contributed by atoms with Gasteiger partial charge in [0.1, 0.15) is 11.6 Å². The standard InChI is InChI=1S/C20H21N7O/c21-20-17(9-16(24-25-20)15-3-1-2-4-18(15)28)26-11-13-5-6-14(12-26)27(13)19-10-22-7-8-23-19/h1-4,7-10,13-14,28H,5-6,11-12H2,(H2,21,25).